The van der Waals surface area contributed by atoms with Crippen molar-refractivity contribution in [2.45, 2.75) is 85.7 Å². The largest absolute Gasteiger partial charge is 0.394 e. The molecule has 0 saturated heterocycles. The smallest absolute Gasteiger partial charge is 0.237 e. The molecule has 69 heavy (non-hydrogen) atoms. The van der Waals surface area contributed by atoms with Crippen LogP contribution in [0.15, 0.2) is 0 Å². The number of amides is 2. The molecule has 0 rings (SSSR count). The summed E-state index contributed by atoms with van der Waals surface area (Å²) in [4.78, 5) is 24.6. The highest BCUT2D eigenvalue weighted by Gasteiger charge is 2.20. The van der Waals surface area contributed by atoms with E-state index in [1.807, 2.05) is 0 Å². The van der Waals surface area contributed by atoms with E-state index in [-0.39, 0.29) is 145 Å². The molecule has 2 amide bonds. The third-order valence-electron chi connectivity index (χ3n) is 8.42. The molecule has 0 bridgehead atoms. The fraction of sp³-hybridized carbons (Fsp3) is 0.950. The summed E-state index contributed by atoms with van der Waals surface area (Å²) < 4.78 is 51.6. The number of rotatable bonds is 49. The first-order valence-corrected chi connectivity index (χ1v) is 22.3. The molecule has 0 aliphatic carbocycles. The van der Waals surface area contributed by atoms with Crippen molar-refractivity contribution in [3.8, 4) is 0 Å². The molecular weight excluding hydrogens is 938 g/mol. The molecule has 0 heterocycles. The van der Waals surface area contributed by atoms with Crippen LogP contribution in [0.2, 0.25) is 0 Å². The lowest BCUT2D eigenvalue weighted by Gasteiger charge is -2.18. The van der Waals surface area contributed by atoms with E-state index in [4.69, 9.17) is 63.3 Å². The van der Waals surface area contributed by atoms with Gasteiger partial charge >= 0.3 is 0 Å². The third-order valence-corrected chi connectivity index (χ3v) is 8.42. The highest BCUT2D eigenvalue weighted by atomic mass is 16.6. The molecule has 13 atom stereocenters. The Morgan fingerprint density at radius 2 is 0.507 bits per heavy atom. The van der Waals surface area contributed by atoms with Gasteiger partial charge in [0.1, 0.15) is 61.0 Å². The van der Waals surface area contributed by atoms with Gasteiger partial charge in [-0.2, -0.15) is 0 Å². The molecule has 0 fully saturated rings. The molecule has 412 valence electrons. The fourth-order valence-corrected chi connectivity index (χ4v) is 4.96. The first-order chi connectivity index (χ1) is 32.8. The van der Waals surface area contributed by atoms with Gasteiger partial charge in [-0.15, -0.1) is 0 Å². The van der Waals surface area contributed by atoms with Crippen molar-refractivity contribution >= 4 is 11.8 Å². The standard InChI is InChI=1S/C40H81N3O26/c41-38(40(59)43-3-27(47)7-61-11-31(51)15-65-19-35(55)23-69-25-37(57)21-67-17-33(53)13-63-9-29(49)5-45)1-39(58)42-2-26(46)6-60-10-30(50)14-64-18-34(54)22-68-24-36(56)20-66-16-32(52)12-62-8-28(48)4-44/h26-38,44-57H,1-25,41H2,(H,42,58)(H,43,59)/t26?,27?,28?,29?,30?,31?,32?,33?,34?,35?,36?,37?,38-/m1/s1. The van der Waals surface area contributed by atoms with Crippen LogP contribution in [0.5, 0.6) is 0 Å². The van der Waals surface area contributed by atoms with E-state index in [0.717, 1.165) is 0 Å². The average Bonchev–Trinajstić information content (AvgIpc) is 3.29. The Labute approximate surface area is 400 Å². The predicted octanol–water partition coefficient (Wildman–Crippen LogP) is -10.6. The van der Waals surface area contributed by atoms with Crippen molar-refractivity contribution in [2.75, 3.05) is 158 Å². The second-order valence-corrected chi connectivity index (χ2v) is 15.9. The summed E-state index contributed by atoms with van der Waals surface area (Å²) in [5.74, 6) is -1.42. The molecule has 0 aromatic rings. The molecule has 0 spiro atoms. The molecule has 0 aliphatic heterocycles. The third kappa shape index (κ3) is 42.2. The van der Waals surface area contributed by atoms with Crippen molar-refractivity contribution in [1.82, 2.24) is 10.6 Å². The zero-order valence-corrected chi connectivity index (χ0v) is 38.9. The van der Waals surface area contributed by atoms with E-state index in [9.17, 15) is 70.9 Å². The Bertz CT molecular complexity index is 1210. The van der Waals surface area contributed by atoms with E-state index >= 15 is 0 Å². The second-order valence-electron chi connectivity index (χ2n) is 15.9. The van der Waals surface area contributed by atoms with E-state index in [2.05, 4.69) is 10.6 Å². The van der Waals surface area contributed by atoms with Crippen LogP contribution in [0.4, 0.5) is 0 Å². The van der Waals surface area contributed by atoms with Gasteiger partial charge in [0.25, 0.3) is 0 Å². The van der Waals surface area contributed by atoms with Crippen molar-refractivity contribution in [3.05, 3.63) is 0 Å². The molecular formula is C40H81N3O26. The van der Waals surface area contributed by atoms with Gasteiger partial charge < -0.3 is 135 Å². The minimum absolute atomic E-state index is 0.143. The van der Waals surface area contributed by atoms with Gasteiger partial charge in [0.05, 0.1) is 170 Å². The lowest BCUT2D eigenvalue weighted by atomic mass is 10.2. The number of hydrogen-bond acceptors (Lipinski definition) is 27. The van der Waals surface area contributed by atoms with Crippen LogP contribution in [0.3, 0.4) is 0 Å². The number of hydrogen-bond donors (Lipinski definition) is 17. The van der Waals surface area contributed by atoms with Crippen LogP contribution >= 0.6 is 0 Å². The zero-order valence-electron chi connectivity index (χ0n) is 38.9. The van der Waals surface area contributed by atoms with E-state index < -0.39 is 111 Å². The van der Waals surface area contributed by atoms with Crippen LogP contribution in [-0.2, 0) is 57.0 Å². The molecule has 29 nitrogen and oxygen atoms in total. The molecule has 0 aliphatic rings. The maximum atomic E-state index is 12.3. The summed E-state index contributed by atoms with van der Waals surface area (Å²) in [6, 6.07) is -1.30. The van der Waals surface area contributed by atoms with Gasteiger partial charge in [0.15, 0.2) is 0 Å². The molecule has 0 aromatic carbocycles. The number of nitrogens with one attached hydrogen (secondary N) is 2. The normalized spacial score (nSPS) is 17.7. The molecule has 0 saturated carbocycles. The van der Waals surface area contributed by atoms with E-state index in [1.165, 1.54) is 0 Å². The number of carbonyl (C=O) groups excluding carboxylic acids is 2. The number of carbonyl (C=O) groups is 2. The van der Waals surface area contributed by atoms with E-state index in [0.29, 0.717) is 0 Å². The second kappa shape index (κ2) is 43.5. The number of nitrogens with two attached hydrogens (primary N) is 1. The zero-order chi connectivity index (χ0) is 51.8. The summed E-state index contributed by atoms with van der Waals surface area (Å²) >= 11 is 0. The number of aliphatic hydroxyl groups excluding tert-OH is 14. The topological polar surface area (TPSA) is 460 Å². The monoisotopic (exact) mass is 1020 g/mol. The Balaban J connectivity index is 3.93. The van der Waals surface area contributed by atoms with Crippen LogP contribution in [0.1, 0.15) is 6.42 Å². The van der Waals surface area contributed by atoms with Gasteiger partial charge in [-0.25, -0.2) is 0 Å². The molecule has 12 unspecified atom stereocenters. The van der Waals surface area contributed by atoms with Gasteiger partial charge in [-0.3, -0.25) is 9.59 Å². The van der Waals surface area contributed by atoms with Gasteiger partial charge in [-0.1, -0.05) is 0 Å². The minimum Gasteiger partial charge on any atom is -0.394 e. The lowest BCUT2D eigenvalue weighted by molar-refractivity contribution is -0.128. The molecule has 29 heteroatoms. The molecule has 0 radical (unpaired) electrons. The van der Waals surface area contributed by atoms with E-state index in [1.54, 1.807) is 0 Å². The van der Waals surface area contributed by atoms with Crippen LogP contribution in [0, 0.1) is 0 Å². The number of ether oxygens (including phenoxy) is 10. The maximum absolute atomic E-state index is 12.3. The Morgan fingerprint density at radius 3 is 0.725 bits per heavy atom. The summed E-state index contributed by atoms with van der Waals surface area (Å²) in [5, 5.41) is 140. The highest BCUT2D eigenvalue weighted by Crippen LogP contribution is 2.00. The van der Waals surface area contributed by atoms with Gasteiger partial charge in [-0.05, 0) is 0 Å². The van der Waals surface area contributed by atoms with Crippen LogP contribution in [0.25, 0.3) is 0 Å². The maximum Gasteiger partial charge on any atom is 0.237 e. The van der Waals surface area contributed by atoms with Crippen molar-refractivity contribution in [2.24, 2.45) is 5.73 Å². The molecule has 18 N–H and O–H groups in total. The first-order valence-electron chi connectivity index (χ1n) is 22.3. The van der Waals surface area contributed by atoms with Gasteiger partial charge in [0, 0.05) is 13.1 Å². The highest BCUT2D eigenvalue weighted by molar-refractivity contribution is 5.88. The average molecular weight is 1020 g/mol. The fourth-order valence-electron chi connectivity index (χ4n) is 4.96. The van der Waals surface area contributed by atoms with Gasteiger partial charge in [0.2, 0.25) is 11.8 Å². The lowest BCUT2D eigenvalue weighted by Crippen LogP contribution is -2.47. The van der Waals surface area contributed by atoms with Crippen molar-refractivity contribution < 1.29 is 128 Å². The van der Waals surface area contributed by atoms with Crippen molar-refractivity contribution in [3.63, 3.8) is 0 Å². The number of aliphatic hydroxyl groups is 14. The van der Waals surface area contributed by atoms with Crippen LogP contribution < -0.4 is 16.4 Å². The Kier molecular flexibility index (Phi) is 42.2. The van der Waals surface area contributed by atoms with Crippen molar-refractivity contribution in [1.29, 1.82) is 0 Å². The summed E-state index contributed by atoms with van der Waals surface area (Å²) in [6.45, 7) is -5.53. The molecule has 0 aromatic heterocycles. The predicted molar refractivity (Wildman–Crippen MR) is 233 cm³/mol. The summed E-state index contributed by atoms with van der Waals surface area (Å²) in [7, 11) is 0. The first kappa shape index (κ1) is 66.9. The quantitative estimate of drug-likeness (QED) is 0.0269. The SMILES string of the molecule is N[C@H](CC(=O)NCC(O)COCC(O)COCC(O)COCC(O)COCC(O)COCC(O)CO)C(=O)NCC(O)COCC(O)COCC(O)COCC(O)COCC(O)COCC(O)CO. The van der Waals surface area contributed by atoms with Crippen LogP contribution in [-0.4, -0.2) is 321 Å². The summed E-state index contributed by atoms with van der Waals surface area (Å²) in [6.07, 6.45) is -13.5. The Morgan fingerprint density at radius 1 is 0.319 bits per heavy atom. The Hall–Kier alpha value is -2.06. The minimum atomic E-state index is -1.30. The summed E-state index contributed by atoms with van der Waals surface area (Å²) in [5.41, 5.74) is 5.78.